The third-order valence-corrected chi connectivity index (χ3v) is 6.01. The van der Waals surface area contributed by atoms with Crippen molar-refractivity contribution in [3.8, 4) is 5.75 Å². The average molecular weight is 346 g/mol. The van der Waals surface area contributed by atoms with Gasteiger partial charge in [-0.3, -0.25) is 4.79 Å². The van der Waals surface area contributed by atoms with Crippen LogP contribution in [0.3, 0.4) is 0 Å². The smallest absolute Gasteiger partial charge is 0.238 e. The van der Waals surface area contributed by atoms with Crippen LogP contribution in [0.15, 0.2) is 53.7 Å². The van der Waals surface area contributed by atoms with Gasteiger partial charge >= 0.3 is 0 Å². The fraction of sp³-hybridized carbons (Fsp3) is 0.294. The predicted octanol–water partition coefficient (Wildman–Crippen LogP) is 1.88. The zero-order valence-corrected chi connectivity index (χ0v) is 14.0. The quantitative estimate of drug-likeness (QED) is 0.914. The van der Waals surface area contributed by atoms with Gasteiger partial charge in [-0.05, 0) is 25.1 Å². The number of para-hydroxylation sites is 1. The Kier molecular flexibility index (Phi) is 4.53. The Bertz CT molecular complexity index is 837. The number of sulfone groups is 1. The second-order valence-corrected chi connectivity index (χ2v) is 7.81. The molecule has 7 heteroatoms. The molecule has 0 fully saturated rings. The van der Waals surface area contributed by atoms with Gasteiger partial charge in [0.05, 0.1) is 12.6 Å². The van der Waals surface area contributed by atoms with E-state index in [1.54, 1.807) is 12.1 Å². The topological polar surface area (TPSA) is 85.4 Å². The first-order chi connectivity index (χ1) is 11.5. The monoisotopic (exact) mass is 346 g/mol. The molecular formula is C17H18N2O4S. The molecular weight excluding hydrogens is 328 g/mol. The number of pyridine rings is 1. The first kappa shape index (κ1) is 16.4. The molecule has 24 heavy (non-hydrogen) atoms. The molecule has 0 spiro atoms. The number of hydrogen-bond acceptors (Lipinski definition) is 5. The molecule has 0 saturated carbocycles. The van der Waals surface area contributed by atoms with E-state index in [4.69, 9.17) is 4.74 Å². The van der Waals surface area contributed by atoms with Crippen LogP contribution in [-0.2, 0) is 14.6 Å². The highest BCUT2D eigenvalue weighted by Gasteiger charge is 2.33. The molecule has 2 heterocycles. The van der Waals surface area contributed by atoms with Gasteiger partial charge in [0.2, 0.25) is 15.7 Å². The number of carbonyl (C=O) groups is 1. The van der Waals surface area contributed by atoms with Gasteiger partial charge in [-0.2, -0.15) is 0 Å². The summed E-state index contributed by atoms with van der Waals surface area (Å²) in [4.78, 5) is 16.3. The summed E-state index contributed by atoms with van der Waals surface area (Å²) in [6, 6.07) is 11.8. The first-order valence-corrected chi connectivity index (χ1v) is 9.22. The minimum atomic E-state index is -3.82. The fourth-order valence-corrected chi connectivity index (χ4v) is 3.81. The summed E-state index contributed by atoms with van der Waals surface area (Å²) in [5.74, 6) is 0.177. The molecule has 1 aliphatic rings. The number of carbonyl (C=O) groups excluding carboxylic acids is 1. The summed E-state index contributed by atoms with van der Waals surface area (Å²) in [6.45, 7) is 1.86. The van der Waals surface area contributed by atoms with Crippen LogP contribution in [0.25, 0.3) is 0 Å². The van der Waals surface area contributed by atoms with Crippen LogP contribution in [0.4, 0.5) is 0 Å². The summed E-state index contributed by atoms with van der Waals surface area (Å²) in [5, 5.41) is 1.51. The average Bonchev–Trinajstić information content (AvgIpc) is 2.62. The maximum atomic E-state index is 12.5. The number of benzene rings is 1. The fourth-order valence-electron chi connectivity index (χ4n) is 2.62. The summed E-state index contributed by atoms with van der Waals surface area (Å²) in [7, 11) is -3.82. The van der Waals surface area contributed by atoms with Crippen LogP contribution >= 0.6 is 0 Å². The Morgan fingerprint density at radius 3 is 2.75 bits per heavy atom. The van der Waals surface area contributed by atoms with Crippen molar-refractivity contribution in [1.82, 2.24) is 10.3 Å². The number of amides is 1. The minimum Gasteiger partial charge on any atom is -0.493 e. The molecule has 1 aromatic carbocycles. The van der Waals surface area contributed by atoms with Crippen molar-refractivity contribution in [2.45, 2.75) is 29.7 Å². The van der Waals surface area contributed by atoms with E-state index in [0.717, 1.165) is 5.56 Å². The molecule has 1 aromatic heterocycles. The molecule has 0 saturated heterocycles. The second-order valence-electron chi connectivity index (χ2n) is 5.59. The van der Waals surface area contributed by atoms with Crippen molar-refractivity contribution in [2.24, 2.45) is 0 Å². The van der Waals surface area contributed by atoms with E-state index in [0.29, 0.717) is 18.8 Å². The molecule has 2 aromatic rings. The number of nitrogens with one attached hydrogen (secondary N) is 1. The lowest BCUT2D eigenvalue weighted by Crippen LogP contribution is -2.41. The van der Waals surface area contributed by atoms with Gasteiger partial charge in [0.25, 0.3) is 0 Å². The van der Waals surface area contributed by atoms with Crippen LogP contribution in [0.1, 0.15) is 24.9 Å². The lowest BCUT2D eigenvalue weighted by atomic mass is 10.0. The number of rotatable bonds is 4. The minimum absolute atomic E-state index is 0.0972. The van der Waals surface area contributed by atoms with E-state index < -0.39 is 21.0 Å². The normalized spacial score (nSPS) is 18.1. The Morgan fingerprint density at radius 2 is 2.00 bits per heavy atom. The molecule has 126 valence electrons. The lowest BCUT2D eigenvalue weighted by molar-refractivity contribution is -0.121. The summed E-state index contributed by atoms with van der Waals surface area (Å²) in [5.41, 5.74) is 0.861. The van der Waals surface area contributed by atoms with Crippen molar-refractivity contribution < 1.29 is 17.9 Å². The van der Waals surface area contributed by atoms with E-state index in [9.17, 15) is 13.2 Å². The Morgan fingerprint density at radius 1 is 1.25 bits per heavy atom. The van der Waals surface area contributed by atoms with Gasteiger partial charge in [0, 0.05) is 18.2 Å². The third kappa shape index (κ3) is 3.12. The highest BCUT2D eigenvalue weighted by atomic mass is 32.2. The molecule has 1 amide bonds. The Labute approximate surface area is 140 Å². The second kappa shape index (κ2) is 6.60. The van der Waals surface area contributed by atoms with Crippen molar-refractivity contribution in [2.75, 3.05) is 6.61 Å². The van der Waals surface area contributed by atoms with Gasteiger partial charge in [0.15, 0.2) is 5.03 Å². The molecule has 0 aliphatic carbocycles. The van der Waals surface area contributed by atoms with Crippen LogP contribution in [0.5, 0.6) is 5.75 Å². The van der Waals surface area contributed by atoms with Gasteiger partial charge in [-0.1, -0.05) is 24.3 Å². The van der Waals surface area contributed by atoms with E-state index in [2.05, 4.69) is 10.3 Å². The highest BCUT2D eigenvalue weighted by molar-refractivity contribution is 7.92. The molecule has 2 unspecified atom stereocenters. The van der Waals surface area contributed by atoms with E-state index in [1.165, 1.54) is 19.2 Å². The number of aromatic nitrogens is 1. The van der Waals surface area contributed by atoms with Crippen LogP contribution in [0.2, 0.25) is 0 Å². The maximum absolute atomic E-state index is 12.5. The van der Waals surface area contributed by atoms with Gasteiger partial charge in [0.1, 0.15) is 11.0 Å². The maximum Gasteiger partial charge on any atom is 0.238 e. The van der Waals surface area contributed by atoms with E-state index >= 15 is 0 Å². The molecule has 6 nitrogen and oxygen atoms in total. The summed E-state index contributed by atoms with van der Waals surface area (Å²) in [6.07, 6.45) is 1.99. The number of fused-ring (bicyclic) bond motifs is 1. The molecule has 1 aliphatic heterocycles. The molecule has 2 atom stereocenters. The Hall–Kier alpha value is -2.41. The lowest BCUT2D eigenvalue weighted by Gasteiger charge is -2.27. The van der Waals surface area contributed by atoms with Crippen molar-refractivity contribution in [1.29, 1.82) is 0 Å². The largest absolute Gasteiger partial charge is 0.493 e. The molecule has 3 rings (SSSR count). The first-order valence-electron chi connectivity index (χ1n) is 7.67. The van der Waals surface area contributed by atoms with Gasteiger partial charge in [-0.25, -0.2) is 13.4 Å². The molecule has 0 bridgehead atoms. The number of ether oxygens (including phenoxy) is 1. The van der Waals surface area contributed by atoms with Crippen molar-refractivity contribution in [3.63, 3.8) is 0 Å². The molecule has 1 N–H and O–H groups in total. The standard InChI is InChI=1S/C17H18N2O4S/c1-12(24(21,22)16-8-4-5-10-18-16)17(20)19-14-9-11-23-15-7-3-2-6-13(14)15/h2-8,10,12,14H,9,11H2,1H3,(H,19,20). The molecule has 0 radical (unpaired) electrons. The van der Waals surface area contributed by atoms with Gasteiger partial charge < -0.3 is 10.1 Å². The van der Waals surface area contributed by atoms with Crippen molar-refractivity contribution in [3.05, 3.63) is 54.2 Å². The van der Waals surface area contributed by atoms with Crippen LogP contribution in [-0.4, -0.2) is 31.2 Å². The zero-order chi connectivity index (χ0) is 17.2. The van der Waals surface area contributed by atoms with Crippen LogP contribution < -0.4 is 10.1 Å². The number of hydrogen-bond donors (Lipinski definition) is 1. The zero-order valence-electron chi connectivity index (χ0n) is 13.2. The summed E-state index contributed by atoms with van der Waals surface area (Å²) < 4.78 is 30.6. The SMILES string of the molecule is CC(C(=O)NC1CCOc2ccccc21)S(=O)(=O)c1ccccn1. The van der Waals surface area contributed by atoms with E-state index in [-0.39, 0.29) is 11.1 Å². The highest BCUT2D eigenvalue weighted by Crippen LogP contribution is 2.31. The summed E-state index contributed by atoms with van der Waals surface area (Å²) >= 11 is 0. The number of nitrogens with zero attached hydrogens (tertiary/aromatic N) is 1. The van der Waals surface area contributed by atoms with Crippen molar-refractivity contribution >= 4 is 15.7 Å². The predicted molar refractivity (Wildman–Crippen MR) is 88.3 cm³/mol. The van der Waals surface area contributed by atoms with E-state index in [1.807, 2.05) is 24.3 Å². The Balaban J connectivity index is 1.79. The van der Waals surface area contributed by atoms with Crippen LogP contribution in [0, 0.1) is 0 Å². The van der Waals surface area contributed by atoms with Gasteiger partial charge in [-0.15, -0.1) is 0 Å². The third-order valence-electron chi connectivity index (χ3n) is 4.04.